The zero-order valence-electron chi connectivity index (χ0n) is 30.1. The molecule has 3 atom stereocenters. The van der Waals surface area contributed by atoms with Crippen molar-refractivity contribution < 1.29 is 33.4 Å². The van der Waals surface area contributed by atoms with Gasteiger partial charge in [0.1, 0.15) is 6.61 Å². The highest BCUT2D eigenvalue weighted by atomic mass is 16.6. The van der Waals surface area contributed by atoms with Crippen molar-refractivity contribution in [2.45, 2.75) is 175 Å². The lowest BCUT2D eigenvalue weighted by Gasteiger charge is -2.33. The number of allylic oxidation sites excluding steroid dienone is 2. The normalized spacial score (nSPS) is 17.1. The highest BCUT2D eigenvalue weighted by molar-refractivity contribution is 5.85. The molecule has 270 valence electrons. The molecule has 0 aromatic heterocycles. The van der Waals surface area contributed by atoms with Crippen molar-refractivity contribution in [2.75, 3.05) is 13.2 Å². The Morgan fingerprint density at radius 2 is 1.23 bits per heavy atom. The summed E-state index contributed by atoms with van der Waals surface area (Å²) in [6.07, 6.45) is 23.4. The van der Waals surface area contributed by atoms with E-state index < -0.39 is 29.4 Å². The van der Waals surface area contributed by atoms with Crippen molar-refractivity contribution in [1.82, 2.24) is 16.0 Å². The largest absolute Gasteiger partial charge is 0.465 e. The Labute approximate surface area is 284 Å². The molecule has 0 bridgehead atoms. The van der Waals surface area contributed by atoms with E-state index >= 15 is 0 Å². The lowest BCUT2D eigenvalue weighted by atomic mass is 9.86. The predicted molar refractivity (Wildman–Crippen MR) is 185 cm³/mol. The van der Waals surface area contributed by atoms with Crippen molar-refractivity contribution in [2.24, 2.45) is 5.41 Å². The third kappa shape index (κ3) is 20.8. The summed E-state index contributed by atoms with van der Waals surface area (Å²) in [5.41, 5.74) is -0.971. The third-order valence-electron chi connectivity index (χ3n) is 8.65. The second kappa shape index (κ2) is 25.2. The van der Waals surface area contributed by atoms with E-state index in [0.717, 1.165) is 51.4 Å². The molecule has 1 aliphatic carbocycles. The maximum atomic E-state index is 12.9. The summed E-state index contributed by atoms with van der Waals surface area (Å²) in [4.78, 5) is 61.2. The predicted octanol–water partition coefficient (Wildman–Crippen LogP) is 6.59. The Balaban J connectivity index is 2.30. The molecule has 1 rings (SSSR count). The van der Waals surface area contributed by atoms with Gasteiger partial charge in [0.2, 0.25) is 11.8 Å². The minimum Gasteiger partial charge on any atom is -0.465 e. The van der Waals surface area contributed by atoms with E-state index in [9.17, 15) is 24.0 Å². The van der Waals surface area contributed by atoms with Gasteiger partial charge in [-0.3, -0.25) is 24.0 Å². The van der Waals surface area contributed by atoms with Crippen LogP contribution < -0.4 is 16.0 Å². The number of ether oxygens (including phenoxy) is 2. The highest BCUT2D eigenvalue weighted by Crippen LogP contribution is 2.25. The Kier molecular flexibility index (Phi) is 22.5. The van der Waals surface area contributed by atoms with Crippen molar-refractivity contribution in [3.05, 3.63) is 12.2 Å². The molecule has 0 aliphatic heterocycles. The standard InChI is InChI=1S/C37H65N3O7/c1-6-7-8-9-10-11-12-13-14-15-16-17-18-19-20-25-33(43)39-31-23-21-22-24-32(31)40-34(44)26-27-38-36(45)35(47-30(3)42)37(4,5)28-46-29(2)41/h13-14,31-32,35H,6-12,15-28H2,1-5H3,(H,38,45)(H,39,43)(H,40,44)/b14-13-/t31-,32-,35-/m0/s1. The quantitative estimate of drug-likeness (QED) is 0.0568. The number of hydrogen-bond acceptors (Lipinski definition) is 7. The number of carbonyl (C=O) groups is 5. The molecule has 3 amide bonds. The summed E-state index contributed by atoms with van der Waals surface area (Å²) in [5, 5.41) is 8.86. The number of nitrogens with one attached hydrogen (secondary N) is 3. The fourth-order valence-corrected chi connectivity index (χ4v) is 5.88. The molecule has 10 nitrogen and oxygen atoms in total. The first kappa shape index (κ1) is 42.1. The Hall–Kier alpha value is -2.91. The Morgan fingerprint density at radius 3 is 1.77 bits per heavy atom. The molecule has 0 spiro atoms. The van der Waals surface area contributed by atoms with E-state index in [0.29, 0.717) is 6.42 Å². The second-order valence-corrected chi connectivity index (χ2v) is 13.8. The van der Waals surface area contributed by atoms with Crippen LogP contribution in [-0.2, 0) is 33.4 Å². The topological polar surface area (TPSA) is 140 Å². The summed E-state index contributed by atoms with van der Waals surface area (Å²) in [7, 11) is 0. The number of unbranched alkanes of at least 4 members (excludes halogenated alkanes) is 11. The summed E-state index contributed by atoms with van der Waals surface area (Å²) in [5.74, 6) is -1.90. The fourth-order valence-electron chi connectivity index (χ4n) is 5.88. The van der Waals surface area contributed by atoms with Crippen molar-refractivity contribution in [3.8, 4) is 0 Å². The van der Waals surface area contributed by atoms with Crippen LogP contribution in [0.3, 0.4) is 0 Å². The lowest BCUT2D eigenvalue weighted by molar-refractivity contribution is -0.166. The van der Waals surface area contributed by atoms with Gasteiger partial charge >= 0.3 is 11.9 Å². The summed E-state index contributed by atoms with van der Waals surface area (Å²) in [6.45, 7) is 7.97. The minimum atomic E-state index is -1.19. The van der Waals surface area contributed by atoms with Crippen molar-refractivity contribution >= 4 is 29.7 Å². The molecular weight excluding hydrogens is 598 g/mol. The molecule has 10 heteroatoms. The van der Waals surface area contributed by atoms with Crippen LogP contribution in [-0.4, -0.2) is 61.0 Å². The van der Waals surface area contributed by atoms with Crippen LogP contribution in [0.4, 0.5) is 0 Å². The number of rotatable bonds is 25. The van der Waals surface area contributed by atoms with Gasteiger partial charge in [-0.05, 0) is 44.9 Å². The average molecular weight is 664 g/mol. The molecule has 0 saturated heterocycles. The molecular formula is C37H65N3O7. The summed E-state index contributed by atoms with van der Waals surface area (Å²) >= 11 is 0. The molecule has 0 heterocycles. The average Bonchev–Trinajstić information content (AvgIpc) is 3.01. The molecule has 47 heavy (non-hydrogen) atoms. The van der Waals surface area contributed by atoms with Crippen LogP contribution in [0.5, 0.6) is 0 Å². The van der Waals surface area contributed by atoms with Gasteiger partial charge in [-0.15, -0.1) is 0 Å². The Morgan fingerprint density at radius 1 is 0.723 bits per heavy atom. The van der Waals surface area contributed by atoms with Gasteiger partial charge in [-0.2, -0.15) is 0 Å². The molecule has 1 aliphatic rings. The number of amides is 3. The first-order valence-corrected chi connectivity index (χ1v) is 18.3. The maximum absolute atomic E-state index is 12.9. The van der Waals surface area contributed by atoms with E-state index in [-0.39, 0.29) is 43.5 Å². The van der Waals surface area contributed by atoms with Gasteiger partial charge in [-0.1, -0.05) is 97.1 Å². The van der Waals surface area contributed by atoms with Crippen LogP contribution in [0.2, 0.25) is 0 Å². The number of carbonyl (C=O) groups excluding carboxylic acids is 5. The smallest absolute Gasteiger partial charge is 0.303 e. The number of esters is 2. The SMILES string of the molecule is CCCCCCCC/C=C\CCCCCCCC(=O)N[C@H]1CCCC[C@@H]1NC(=O)CCNC(=O)[C@H](OC(C)=O)C(C)(C)COC(C)=O. The molecule has 0 radical (unpaired) electrons. The Bertz CT molecular complexity index is 966. The van der Waals surface area contributed by atoms with E-state index in [1.165, 1.54) is 71.6 Å². The molecule has 3 N–H and O–H groups in total. The number of hydrogen-bond donors (Lipinski definition) is 3. The van der Waals surface area contributed by atoms with E-state index in [2.05, 4.69) is 35.0 Å². The molecule has 0 unspecified atom stereocenters. The van der Waals surface area contributed by atoms with Gasteiger partial charge in [0.25, 0.3) is 5.91 Å². The van der Waals surface area contributed by atoms with Crippen molar-refractivity contribution in [1.29, 1.82) is 0 Å². The maximum Gasteiger partial charge on any atom is 0.303 e. The lowest BCUT2D eigenvalue weighted by Crippen LogP contribution is -2.53. The minimum absolute atomic E-state index is 0.0360. The summed E-state index contributed by atoms with van der Waals surface area (Å²) in [6, 6.07) is -0.255. The van der Waals surface area contributed by atoms with E-state index in [1.807, 2.05) is 0 Å². The first-order valence-electron chi connectivity index (χ1n) is 18.3. The van der Waals surface area contributed by atoms with Gasteiger partial charge in [0.05, 0.1) is 0 Å². The summed E-state index contributed by atoms with van der Waals surface area (Å²) < 4.78 is 10.3. The first-order chi connectivity index (χ1) is 22.5. The molecule has 0 aromatic carbocycles. The third-order valence-corrected chi connectivity index (χ3v) is 8.65. The second-order valence-electron chi connectivity index (χ2n) is 13.8. The van der Waals surface area contributed by atoms with Crippen LogP contribution in [0, 0.1) is 5.41 Å². The van der Waals surface area contributed by atoms with Crippen LogP contribution in [0.15, 0.2) is 12.2 Å². The van der Waals surface area contributed by atoms with Crippen LogP contribution >= 0.6 is 0 Å². The molecule has 1 fully saturated rings. The zero-order valence-corrected chi connectivity index (χ0v) is 30.1. The van der Waals surface area contributed by atoms with E-state index in [4.69, 9.17) is 9.47 Å². The zero-order chi connectivity index (χ0) is 34.9. The van der Waals surface area contributed by atoms with Gasteiger partial charge in [0.15, 0.2) is 6.10 Å². The van der Waals surface area contributed by atoms with Gasteiger partial charge in [-0.25, -0.2) is 0 Å². The van der Waals surface area contributed by atoms with Crippen LogP contribution in [0.1, 0.15) is 157 Å². The fraction of sp³-hybridized carbons (Fsp3) is 0.811. The van der Waals surface area contributed by atoms with Crippen LogP contribution in [0.25, 0.3) is 0 Å². The van der Waals surface area contributed by atoms with Gasteiger partial charge < -0.3 is 25.4 Å². The molecule has 0 aromatic rings. The monoisotopic (exact) mass is 663 g/mol. The highest BCUT2D eigenvalue weighted by Gasteiger charge is 2.39. The van der Waals surface area contributed by atoms with E-state index in [1.54, 1.807) is 13.8 Å². The molecule has 1 saturated carbocycles. The van der Waals surface area contributed by atoms with Crippen molar-refractivity contribution in [3.63, 3.8) is 0 Å². The van der Waals surface area contributed by atoms with Gasteiger partial charge in [0, 0.05) is 50.7 Å².